The van der Waals surface area contributed by atoms with Gasteiger partial charge in [-0.05, 0) is 206 Å². The van der Waals surface area contributed by atoms with E-state index in [0.717, 1.165) is 27.9 Å². The molecular formula is C100H64N2. The summed E-state index contributed by atoms with van der Waals surface area (Å²) in [5.41, 5.74) is 30.7. The average molecular weight is 1290 g/mol. The van der Waals surface area contributed by atoms with Gasteiger partial charge in [0.1, 0.15) is 0 Å². The van der Waals surface area contributed by atoms with Gasteiger partial charge >= 0.3 is 0 Å². The van der Waals surface area contributed by atoms with E-state index in [0.29, 0.717) is 0 Å². The van der Waals surface area contributed by atoms with Gasteiger partial charge in [0.15, 0.2) is 0 Å². The molecule has 102 heavy (non-hydrogen) atoms. The van der Waals surface area contributed by atoms with Gasteiger partial charge in [-0.3, -0.25) is 0 Å². The van der Waals surface area contributed by atoms with E-state index < -0.39 is 10.8 Å². The van der Waals surface area contributed by atoms with Gasteiger partial charge in [0.25, 0.3) is 0 Å². The molecule has 0 radical (unpaired) electrons. The van der Waals surface area contributed by atoms with Gasteiger partial charge in [-0.2, -0.15) is 0 Å². The molecule has 0 amide bonds. The Morgan fingerprint density at radius 1 is 0.167 bits per heavy atom. The predicted molar refractivity (Wildman–Crippen MR) is 426 cm³/mol. The molecule has 2 heteroatoms. The molecular weight excluding hydrogens is 1230 g/mol. The topological polar surface area (TPSA) is 9.86 Å². The average Bonchev–Trinajstić information content (AvgIpc) is 1.53. The van der Waals surface area contributed by atoms with Crippen molar-refractivity contribution in [1.29, 1.82) is 0 Å². The van der Waals surface area contributed by atoms with Crippen molar-refractivity contribution in [3.63, 3.8) is 0 Å². The molecule has 17 aromatic carbocycles. The van der Waals surface area contributed by atoms with Crippen molar-refractivity contribution in [2.75, 3.05) is 0 Å². The standard InChI is InChI=1S/C100H64N2/c1-6-26-65(27-7-1)97-82-39-16-18-41-84(82)98(85-42-19-17-40-83(85)97)66-46-52-75(53-47-66)101-93-45-25-22-38-81(93)88-64-76(54-59-96(88)101)102-94-57-50-67(69-48-55-79-77-36-20-23-43-89(77)99(91(79)62-69,71-28-8-2-9-29-71)72-30-10-3-11-31-72)60-86(94)87-61-68(51-58-95(87)102)70-49-56-80-78-37-21-24-44-90(78)100(92(80)63-70,73-32-12-4-13-33-73)74-34-14-5-15-35-74/h1-64H. The lowest BCUT2D eigenvalue weighted by Crippen LogP contribution is -2.28. The van der Waals surface area contributed by atoms with Crippen LogP contribution in [0.1, 0.15) is 44.5 Å². The fourth-order valence-electron chi connectivity index (χ4n) is 18.4. The molecule has 2 aliphatic carbocycles. The summed E-state index contributed by atoms with van der Waals surface area (Å²) in [7, 11) is 0. The number of aromatic nitrogens is 2. The molecule has 0 unspecified atom stereocenters. The van der Waals surface area contributed by atoms with Crippen molar-refractivity contribution in [1.82, 2.24) is 9.13 Å². The SMILES string of the molecule is c1ccc(-c2c3ccccc3c(-c3ccc(-n4c5ccccc5c5cc(-n6c7ccc(-c8ccc9c(c8)C(c8ccccc8)(c8ccccc8)c8ccccc8-9)cc7c7cc(-c8ccc9c(c8)C(c8ccccc8)(c8ccccc8)c8ccccc8-9)ccc76)ccc54)cc3)c3ccccc23)cc1. The highest BCUT2D eigenvalue weighted by molar-refractivity contribution is 6.22. The van der Waals surface area contributed by atoms with E-state index >= 15 is 0 Å². The second-order valence-electron chi connectivity index (χ2n) is 27.7. The Labute approximate surface area is 592 Å². The second-order valence-corrected chi connectivity index (χ2v) is 27.7. The zero-order valence-electron chi connectivity index (χ0n) is 55.8. The van der Waals surface area contributed by atoms with Gasteiger partial charge in [-0.1, -0.05) is 315 Å². The first kappa shape index (κ1) is 57.9. The number of benzene rings is 17. The second kappa shape index (κ2) is 22.7. The van der Waals surface area contributed by atoms with E-state index in [2.05, 4.69) is 397 Å². The van der Waals surface area contributed by atoms with Gasteiger partial charge in [-0.15, -0.1) is 0 Å². The van der Waals surface area contributed by atoms with Crippen molar-refractivity contribution in [2.45, 2.75) is 10.8 Å². The molecule has 474 valence electrons. The quantitative estimate of drug-likeness (QED) is 0.121. The molecule has 2 heterocycles. The zero-order chi connectivity index (χ0) is 67.0. The largest absolute Gasteiger partial charge is 0.309 e. The van der Waals surface area contributed by atoms with Crippen molar-refractivity contribution in [2.24, 2.45) is 0 Å². The maximum atomic E-state index is 2.51. The van der Waals surface area contributed by atoms with E-state index in [-0.39, 0.29) is 0 Å². The highest BCUT2D eigenvalue weighted by Gasteiger charge is 2.48. The van der Waals surface area contributed by atoms with Crippen molar-refractivity contribution in [3.8, 4) is 78.1 Å². The molecule has 0 saturated carbocycles. The molecule has 0 N–H and O–H groups in total. The molecule has 0 atom stereocenters. The van der Waals surface area contributed by atoms with E-state index in [4.69, 9.17) is 0 Å². The third-order valence-corrected chi connectivity index (χ3v) is 22.7. The molecule has 0 aliphatic heterocycles. The van der Waals surface area contributed by atoms with Gasteiger partial charge in [0.2, 0.25) is 0 Å². The Hall–Kier alpha value is -13.1. The molecule has 0 fully saturated rings. The molecule has 0 spiro atoms. The van der Waals surface area contributed by atoms with Crippen LogP contribution in [-0.4, -0.2) is 9.13 Å². The summed E-state index contributed by atoms with van der Waals surface area (Å²) in [4.78, 5) is 0. The number of rotatable bonds is 10. The predicted octanol–water partition coefficient (Wildman–Crippen LogP) is 25.6. The van der Waals surface area contributed by atoms with Gasteiger partial charge in [0, 0.05) is 32.9 Å². The maximum absolute atomic E-state index is 2.51. The lowest BCUT2D eigenvalue weighted by atomic mass is 9.67. The van der Waals surface area contributed by atoms with Crippen LogP contribution in [0.15, 0.2) is 388 Å². The maximum Gasteiger partial charge on any atom is 0.0713 e. The number of nitrogens with zero attached hydrogens (tertiary/aromatic N) is 2. The smallest absolute Gasteiger partial charge is 0.0713 e. The molecule has 19 aromatic rings. The van der Waals surface area contributed by atoms with Crippen LogP contribution < -0.4 is 0 Å². The number of hydrogen-bond acceptors (Lipinski definition) is 0. The first-order valence-corrected chi connectivity index (χ1v) is 35.5. The van der Waals surface area contributed by atoms with Crippen LogP contribution >= 0.6 is 0 Å². The van der Waals surface area contributed by atoms with Crippen LogP contribution in [0.4, 0.5) is 0 Å². The van der Waals surface area contributed by atoms with Crippen molar-refractivity contribution >= 4 is 65.2 Å². The minimum absolute atomic E-state index is 0.527. The van der Waals surface area contributed by atoms with Crippen LogP contribution in [0.5, 0.6) is 0 Å². The third-order valence-electron chi connectivity index (χ3n) is 22.7. The Morgan fingerprint density at radius 2 is 0.461 bits per heavy atom. The summed E-state index contributed by atoms with van der Waals surface area (Å²) >= 11 is 0. The first-order chi connectivity index (χ1) is 50.6. The van der Waals surface area contributed by atoms with Crippen LogP contribution in [0.3, 0.4) is 0 Å². The van der Waals surface area contributed by atoms with Crippen LogP contribution in [0.25, 0.3) is 143 Å². The summed E-state index contributed by atoms with van der Waals surface area (Å²) in [6.45, 7) is 0. The van der Waals surface area contributed by atoms with Crippen LogP contribution in [0.2, 0.25) is 0 Å². The van der Waals surface area contributed by atoms with E-state index in [1.165, 1.54) is 160 Å². The van der Waals surface area contributed by atoms with Gasteiger partial charge in [0.05, 0.1) is 32.9 Å². The zero-order valence-corrected chi connectivity index (χ0v) is 55.8. The van der Waals surface area contributed by atoms with Crippen LogP contribution in [-0.2, 0) is 10.8 Å². The van der Waals surface area contributed by atoms with E-state index in [1.807, 2.05) is 0 Å². The number of para-hydroxylation sites is 1. The molecule has 2 aliphatic rings. The van der Waals surface area contributed by atoms with Gasteiger partial charge < -0.3 is 9.13 Å². The molecule has 0 bridgehead atoms. The monoisotopic (exact) mass is 1290 g/mol. The fraction of sp³-hybridized carbons (Fsp3) is 0.0200. The Bertz CT molecular complexity index is 6200. The highest BCUT2D eigenvalue weighted by Crippen LogP contribution is 2.59. The lowest BCUT2D eigenvalue weighted by molar-refractivity contribution is 0.769. The summed E-state index contributed by atoms with van der Waals surface area (Å²) in [6, 6.07) is 146. The summed E-state index contributed by atoms with van der Waals surface area (Å²) < 4.78 is 4.97. The Balaban J connectivity index is 0.748. The Kier molecular flexibility index (Phi) is 12.9. The van der Waals surface area contributed by atoms with Crippen molar-refractivity contribution in [3.05, 3.63) is 433 Å². The van der Waals surface area contributed by atoms with E-state index in [9.17, 15) is 0 Å². The summed E-state index contributed by atoms with van der Waals surface area (Å²) in [6.07, 6.45) is 0. The van der Waals surface area contributed by atoms with E-state index in [1.54, 1.807) is 0 Å². The fourth-order valence-corrected chi connectivity index (χ4v) is 18.4. The lowest BCUT2D eigenvalue weighted by Gasteiger charge is -2.34. The third kappa shape index (κ3) is 8.35. The van der Waals surface area contributed by atoms with Gasteiger partial charge in [-0.25, -0.2) is 0 Å². The van der Waals surface area contributed by atoms with Crippen molar-refractivity contribution < 1.29 is 0 Å². The normalized spacial score (nSPS) is 13.3. The Morgan fingerprint density at radius 3 is 0.912 bits per heavy atom. The minimum Gasteiger partial charge on any atom is -0.309 e. The summed E-state index contributed by atoms with van der Waals surface area (Å²) in [5.74, 6) is 0. The molecule has 2 nitrogen and oxygen atoms in total. The molecule has 2 aromatic heterocycles. The van der Waals surface area contributed by atoms with Crippen LogP contribution in [0, 0.1) is 0 Å². The molecule has 0 saturated heterocycles. The molecule has 21 rings (SSSR count). The highest BCUT2D eigenvalue weighted by atomic mass is 15.0. The first-order valence-electron chi connectivity index (χ1n) is 35.5. The number of hydrogen-bond donors (Lipinski definition) is 0. The number of fused-ring (bicyclic) bond motifs is 14. The minimum atomic E-state index is -0.527. The summed E-state index contributed by atoms with van der Waals surface area (Å²) in [5, 5.41) is 9.79.